The Balaban J connectivity index is 1.81. The molecule has 0 spiro atoms. The summed E-state index contributed by atoms with van der Waals surface area (Å²) in [5.74, 6) is -0.875. The van der Waals surface area contributed by atoms with E-state index in [4.69, 9.17) is 11.6 Å². The summed E-state index contributed by atoms with van der Waals surface area (Å²) in [4.78, 5) is 30.0. The summed E-state index contributed by atoms with van der Waals surface area (Å²) in [7, 11) is -4.19. The Hall–Kier alpha value is -3.66. The van der Waals surface area contributed by atoms with Crippen molar-refractivity contribution in [2.75, 3.05) is 10.8 Å². The van der Waals surface area contributed by atoms with Gasteiger partial charge in [-0.2, -0.15) is 0 Å². The number of aryl methyl sites for hydroxylation is 1. The molecule has 0 saturated heterocycles. The Labute approximate surface area is 279 Å². The zero-order valence-electron chi connectivity index (χ0n) is 25.7. The van der Waals surface area contributed by atoms with Crippen molar-refractivity contribution in [3.05, 3.63) is 129 Å². The lowest BCUT2D eigenvalue weighted by atomic mass is 10.0. The summed E-state index contributed by atoms with van der Waals surface area (Å²) in [6.45, 7) is 7.03. The number of amides is 2. The molecule has 236 valence electrons. The topological polar surface area (TPSA) is 86.8 Å². The van der Waals surface area contributed by atoms with Crippen LogP contribution in [0, 0.1) is 6.92 Å². The number of benzene rings is 4. The Bertz CT molecular complexity index is 1730. The lowest BCUT2D eigenvalue weighted by Crippen LogP contribution is -2.56. The second-order valence-electron chi connectivity index (χ2n) is 11.9. The van der Waals surface area contributed by atoms with E-state index in [0.29, 0.717) is 5.02 Å². The van der Waals surface area contributed by atoms with Crippen molar-refractivity contribution < 1.29 is 18.0 Å². The third kappa shape index (κ3) is 9.42. The normalized spacial score (nSPS) is 12.3. The van der Waals surface area contributed by atoms with Crippen LogP contribution in [-0.2, 0) is 32.6 Å². The Morgan fingerprint density at radius 2 is 1.49 bits per heavy atom. The average Bonchev–Trinajstić information content (AvgIpc) is 2.98. The van der Waals surface area contributed by atoms with Gasteiger partial charge >= 0.3 is 0 Å². The highest BCUT2D eigenvalue weighted by molar-refractivity contribution is 9.10. The molecule has 4 aromatic rings. The number of hydrogen-bond donors (Lipinski definition) is 1. The van der Waals surface area contributed by atoms with Crippen LogP contribution in [0.25, 0.3) is 0 Å². The van der Waals surface area contributed by atoms with Gasteiger partial charge in [0, 0.05) is 28.0 Å². The number of halogens is 2. The summed E-state index contributed by atoms with van der Waals surface area (Å²) in [5.41, 5.74) is 2.24. The quantitative estimate of drug-likeness (QED) is 0.179. The Kier molecular flexibility index (Phi) is 11.1. The molecule has 0 unspecified atom stereocenters. The SMILES string of the molecule is Cc1ccc(S(=O)(=O)N(CC(=O)N(Cc2cccc(Br)c2)[C@H](Cc2ccccc2)C(=O)NC(C)(C)C)c2ccc(Cl)cc2)cc1. The third-order valence-electron chi connectivity index (χ3n) is 7.01. The fraction of sp³-hybridized carbons (Fsp3) is 0.257. The number of carbonyl (C=O) groups is 2. The Morgan fingerprint density at radius 3 is 2.09 bits per heavy atom. The first-order valence-electron chi connectivity index (χ1n) is 14.5. The van der Waals surface area contributed by atoms with Crippen LogP contribution in [0.4, 0.5) is 5.69 Å². The molecule has 0 aliphatic heterocycles. The van der Waals surface area contributed by atoms with Gasteiger partial charge in [-0.05, 0) is 87.4 Å². The smallest absolute Gasteiger partial charge is 0.264 e. The van der Waals surface area contributed by atoms with Crippen molar-refractivity contribution in [2.24, 2.45) is 0 Å². The van der Waals surface area contributed by atoms with E-state index in [-0.39, 0.29) is 29.5 Å². The van der Waals surface area contributed by atoms with Crippen molar-refractivity contribution in [1.82, 2.24) is 10.2 Å². The van der Waals surface area contributed by atoms with Gasteiger partial charge in [0.25, 0.3) is 10.0 Å². The minimum Gasteiger partial charge on any atom is -0.350 e. The molecule has 0 aliphatic rings. The lowest BCUT2D eigenvalue weighted by Gasteiger charge is -2.35. The van der Waals surface area contributed by atoms with E-state index >= 15 is 0 Å². The van der Waals surface area contributed by atoms with Gasteiger partial charge in [-0.1, -0.05) is 87.7 Å². The van der Waals surface area contributed by atoms with Gasteiger partial charge in [0.1, 0.15) is 12.6 Å². The van der Waals surface area contributed by atoms with Gasteiger partial charge in [0.05, 0.1) is 10.6 Å². The molecule has 45 heavy (non-hydrogen) atoms. The maximum absolute atomic E-state index is 14.5. The summed E-state index contributed by atoms with van der Waals surface area (Å²) >= 11 is 9.64. The largest absolute Gasteiger partial charge is 0.350 e. The second-order valence-corrected chi connectivity index (χ2v) is 15.1. The Morgan fingerprint density at radius 1 is 0.867 bits per heavy atom. The van der Waals surface area contributed by atoms with Crippen molar-refractivity contribution >= 4 is 55.1 Å². The molecular weight excluding hydrogens is 674 g/mol. The molecule has 1 atom stereocenters. The fourth-order valence-corrected chi connectivity index (χ4v) is 6.80. The van der Waals surface area contributed by atoms with E-state index in [0.717, 1.165) is 25.5 Å². The summed E-state index contributed by atoms with van der Waals surface area (Å²) in [6.07, 6.45) is 0.230. The van der Waals surface area contributed by atoms with Crippen molar-refractivity contribution in [3.63, 3.8) is 0 Å². The van der Waals surface area contributed by atoms with Gasteiger partial charge in [0.15, 0.2) is 0 Å². The molecule has 10 heteroatoms. The lowest BCUT2D eigenvalue weighted by molar-refractivity contribution is -0.140. The maximum Gasteiger partial charge on any atom is 0.264 e. The average molecular weight is 711 g/mol. The predicted octanol–water partition coefficient (Wildman–Crippen LogP) is 7.16. The van der Waals surface area contributed by atoms with Crippen LogP contribution in [0.1, 0.15) is 37.5 Å². The van der Waals surface area contributed by atoms with Crippen molar-refractivity contribution in [3.8, 4) is 0 Å². The molecular formula is C35H37BrClN3O4S. The number of carbonyl (C=O) groups excluding carboxylic acids is 2. The molecule has 0 fully saturated rings. The molecule has 0 bridgehead atoms. The zero-order chi connectivity index (χ0) is 32.8. The first-order valence-corrected chi connectivity index (χ1v) is 17.1. The standard InChI is InChI=1S/C35H37BrClN3O4S/c1-25-13-19-31(20-14-25)45(43,44)40(30-17-15-29(37)16-18-30)24-33(41)39(23-27-11-8-12-28(36)21-27)32(34(42)38-35(2,3)4)22-26-9-6-5-7-10-26/h5-21,32H,22-24H2,1-4H3,(H,38,42)/t32-/m1/s1. The highest BCUT2D eigenvalue weighted by atomic mass is 79.9. The molecule has 0 saturated carbocycles. The number of sulfonamides is 1. The molecule has 0 heterocycles. The van der Waals surface area contributed by atoms with Gasteiger partial charge in [-0.3, -0.25) is 13.9 Å². The van der Waals surface area contributed by atoms with Crippen molar-refractivity contribution in [2.45, 2.75) is 57.1 Å². The van der Waals surface area contributed by atoms with Gasteiger partial charge in [-0.25, -0.2) is 8.42 Å². The number of nitrogens with zero attached hydrogens (tertiary/aromatic N) is 2. The van der Waals surface area contributed by atoms with Crippen LogP contribution in [0.2, 0.25) is 5.02 Å². The number of rotatable bonds is 11. The summed E-state index contributed by atoms with van der Waals surface area (Å²) in [5, 5.41) is 3.46. The minimum absolute atomic E-state index is 0.0423. The second kappa shape index (κ2) is 14.6. The van der Waals surface area contributed by atoms with E-state index in [2.05, 4.69) is 21.2 Å². The van der Waals surface area contributed by atoms with Gasteiger partial charge < -0.3 is 10.2 Å². The number of hydrogen-bond acceptors (Lipinski definition) is 4. The number of nitrogens with one attached hydrogen (secondary N) is 1. The highest BCUT2D eigenvalue weighted by Gasteiger charge is 2.35. The minimum atomic E-state index is -4.19. The molecule has 2 amide bonds. The maximum atomic E-state index is 14.5. The molecule has 0 aliphatic carbocycles. The molecule has 0 radical (unpaired) electrons. The van der Waals surface area contributed by atoms with Crippen LogP contribution < -0.4 is 9.62 Å². The monoisotopic (exact) mass is 709 g/mol. The summed E-state index contributed by atoms with van der Waals surface area (Å²) in [6, 6.07) is 28.7. The molecule has 7 nitrogen and oxygen atoms in total. The number of anilines is 1. The van der Waals surface area contributed by atoms with Gasteiger partial charge in [0.2, 0.25) is 11.8 Å². The fourth-order valence-electron chi connectivity index (χ4n) is 4.81. The molecule has 0 aromatic heterocycles. The van der Waals surface area contributed by atoms with Crippen LogP contribution in [0.3, 0.4) is 0 Å². The van der Waals surface area contributed by atoms with E-state index in [1.165, 1.54) is 17.0 Å². The van der Waals surface area contributed by atoms with Crippen LogP contribution in [0.15, 0.2) is 112 Å². The van der Waals surface area contributed by atoms with E-state index in [9.17, 15) is 18.0 Å². The molecule has 4 aromatic carbocycles. The van der Waals surface area contributed by atoms with Crippen LogP contribution in [0.5, 0.6) is 0 Å². The van der Waals surface area contributed by atoms with Crippen molar-refractivity contribution in [1.29, 1.82) is 0 Å². The van der Waals surface area contributed by atoms with Gasteiger partial charge in [-0.15, -0.1) is 0 Å². The molecule has 4 rings (SSSR count). The first kappa shape index (κ1) is 34.2. The van der Waals surface area contributed by atoms with Crippen LogP contribution in [-0.4, -0.2) is 43.3 Å². The first-order chi connectivity index (χ1) is 21.2. The zero-order valence-corrected chi connectivity index (χ0v) is 28.9. The van der Waals surface area contributed by atoms with E-state index < -0.39 is 34.1 Å². The van der Waals surface area contributed by atoms with Crippen LogP contribution >= 0.6 is 27.5 Å². The highest BCUT2D eigenvalue weighted by Crippen LogP contribution is 2.27. The molecule has 1 N–H and O–H groups in total. The van der Waals surface area contributed by atoms with E-state index in [1.807, 2.05) is 82.3 Å². The van der Waals surface area contributed by atoms with E-state index in [1.54, 1.807) is 36.4 Å². The predicted molar refractivity (Wildman–Crippen MR) is 184 cm³/mol. The summed E-state index contributed by atoms with van der Waals surface area (Å²) < 4.78 is 30.1. The third-order valence-corrected chi connectivity index (χ3v) is 9.55.